The zero-order chi connectivity index (χ0) is 10.1. The number of hydrogen-bond acceptors (Lipinski definition) is 7. The smallest absolute Gasteiger partial charge is 0.395 e. The molecule has 0 unspecified atom stereocenters. The van der Waals surface area contributed by atoms with Gasteiger partial charge in [-0.05, 0) is 6.07 Å². The van der Waals surface area contributed by atoms with E-state index < -0.39 is 15.7 Å². The highest BCUT2D eigenvalue weighted by Gasteiger charge is 2.16. The van der Waals surface area contributed by atoms with E-state index in [1.165, 1.54) is 6.07 Å². The second kappa shape index (κ2) is 3.07. The number of rotatable bonds is 2. The minimum atomic E-state index is -0.687. The molecule has 0 amide bonds. The fraction of sp³-hybridized carbons (Fsp3) is 0. The van der Waals surface area contributed by atoms with Crippen LogP contribution < -0.4 is 4.94 Å². The maximum Gasteiger partial charge on any atom is 0.433 e. The first kappa shape index (κ1) is 8.63. The van der Waals surface area contributed by atoms with Crippen molar-refractivity contribution in [3.05, 3.63) is 32.0 Å². The van der Waals surface area contributed by atoms with Gasteiger partial charge in [0, 0.05) is 0 Å². The largest absolute Gasteiger partial charge is 0.433 e. The Morgan fingerprint density at radius 3 is 2.71 bits per heavy atom. The fourth-order valence-corrected chi connectivity index (χ4v) is 1.23. The topological polar surface area (TPSA) is 99.4 Å². The van der Waals surface area contributed by atoms with Gasteiger partial charge in [-0.3, -0.25) is 10.1 Å². The normalized spacial score (nSPS) is 10.3. The van der Waals surface area contributed by atoms with E-state index >= 15 is 0 Å². The van der Waals surface area contributed by atoms with E-state index in [4.69, 9.17) is 4.42 Å². The molecule has 0 fully saturated rings. The predicted molar refractivity (Wildman–Crippen MR) is 45.0 cm³/mol. The van der Waals surface area contributed by atoms with Crippen molar-refractivity contribution in [2.45, 2.75) is 0 Å². The molecule has 2 aromatic rings. The van der Waals surface area contributed by atoms with E-state index in [2.05, 4.69) is 8.79 Å². The zero-order valence-electron chi connectivity index (χ0n) is 6.50. The summed E-state index contributed by atoms with van der Waals surface area (Å²) in [6, 6.07) is 2.48. The highest BCUT2D eigenvalue weighted by atomic mass is 32.1. The average molecular weight is 214 g/mol. The van der Waals surface area contributed by atoms with Gasteiger partial charge in [-0.1, -0.05) is 0 Å². The molecule has 0 aliphatic carbocycles. The van der Waals surface area contributed by atoms with Crippen molar-refractivity contribution < 1.29 is 13.8 Å². The van der Waals surface area contributed by atoms with Crippen LogP contribution in [0, 0.1) is 10.1 Å². The van der Waals surface area contributed by atoms with E-state index in [0.29, 0.717) is 11.5 Å². The summed E-state index contributed by atoms with van der Waals surface area (Å²) in [5, 5.41) is 10.3. The molecule has 14 heavy (non-hydrogen) atoms. The van der Waals surface area contributed by atoms with Crippen LogP contribution in [0.3, 0.4) is 0 Å². The molecule has 2 rings (SSSR count). The number of hydrogen-bond donors (Lipinski definition) is 0. The van der Waals surface area contributed by atoms with E-state index in [1.54, 1.807) is 0 Å². The minimum absolute atomic E-state index is 0.0481. The van der Waals surface area contributed by atoms with Gasteiger partial charge in [-0.15, -0.1) is 4.37 Å². The third-order valence-electron chi connectivity index (χ3n) is 1.37. The number of nitro groups is 1. The lowest BCUT2D eigenvalue weighted by molar-refractivity contribution is -0.401. The Morgan fingerprint density at radius 2 is 2.21 bits per heavy atom. The fourth-order valence-electron chi connectivity index (χ4n) is 0.831. The Morgan fingerprint density at radius 1 is 1.43 bits per heavy atom. The number of furan rings is 1. The molecule has 7 nitrogen and oxygen atoms in total. The van der Waals surface area contributed by atoms with Crippen LogP contribution in [-0.2, 0) is 0 Å². The molecule has 0 atom stereocenters. The predicted octanol–water partition coefficient (Wildman–Crippen LogP) is 1.26. The van der Waals surface area contributed by atoms with E-state index in [9.17, 15) is 14.9 Å². The molecular formula is C6H2N2O5S. The van der Waals surface area contributed by atoms with Gasteiger partial charge in [0.1, 0.15) is 4.92 Å². The lowest BCUT2D eigenvalue weighted by Gasteiger charge is -1.83. The highest BCUT2D eigenvalue weighted by molar-refractivity contribution is 7.02. The Hall–Kier alpha value is -1.96. The summed E-state index contributed by atoms with van der Waals surface area (Å²) < 4.78 is 13.0. The van der Waals surface area contributed by atoms with E-state index in [1.807, 2.05) is 0 Å². The summed E-state index contributed by atoms with van der Waals surface area (Å²) >= 11 is 0.615. The van der Waals surface area contributed by atoms with Crippen LogP contribution in [0.4, 0.5) is 5.88 Å². The van der Waals surface area contributed by atoms with Crippen LogP contribution in [0.25, 0.3) is 11.7 Å². The van der Waals surface area contributed by atoms with E-state index in [-0.39, 0.29) is 11.7 Å². The van der Waals surface area contributed by atoms with Crippen LogP contribution in [0.2, 0.25) is 0 Å². The summed E-state index contributed by atoms with van der Waals surface area (Å²) in [4.78, 5) is 19.6. The Bertz CT molecular complexity index is 524. The van der Waals surface area contributed by atoms with Gasteiger partial charge >= 0.3 is 10.8 Å². The first-order valence-electron chi connectivity index (χ1n) is 3.38. The first-order valence-corrected chi connectivity index (χ1v) is 4.15. The molecule has 0 aliphatic heterocycles. The highest BCUT2D eigenvalue weighted by Crippen LogP contribution is 2.23. The quantitative estimate of drug-likeness (QED) is 0.551. The monoisotopic (exact) mass is 214 g/mol. The van der Waals surface area contributed by atoms with Crippen molar-refractivity contribution >= 4 is 17.4 Å². The summed E-state index contributed by atoms with van der Waals surface area (Å²) in [5.41, 5.74) is 0. The second-order valence-corrected chi connectivity index (χ2v) is 2.93. The zero-order valence-corrected chi connectivity index (χ0v) is 7.32. The summed E-state index contributed by atoms with van der Waals surface area (Å²) in [7, 11) is 0. The molecule has 2 aromatic heterocycles. The molecule has 0 saturated heterocycles. The molecule has 0 aromatic carbocycles. The van der Waals surface area contributed by atoms with Gasteiger partial charge < -0.3 is 8.83 Å². The Kier molecular flexibility index (Phi) is 1.89. The summed E-state index contributed by atoms with van der Waals surface area (Å²) in [5.74, 6) is -0.404. The van der Waals surface area contributed by atoms with Gasteiger partial charge in [-0.25, -0.2) is 4.79 Å². The molecule has 0 saturated carbocycles. The third-order valence-corrected chi connectivity index (χ3v) is 1.86. The maximum absolute atomic E-state index is 10.6. The molecule has 2 heterocycles. The second-order valence-electron chi connectivity index (χ2n) is 2.23. The van der Waals surface area contributed by atoms with Gasteiger partial charge in [-0.2, -0.15) is 0 Å². The van der Waals surface area contributed by atoms with Crippen molar-refractivity contribution in [2.75, 3.05) is 0 Å². The molecule has 0 aliphatic rings. The lowest BCUT2D eigenvalue weighted by atomic mass is 10.4. The van der Waals surface area contributed by atoms with Gasteiger partial charge in [0.05, 0.1) is 17.6 Å². The van der Waals surface area contributed by atoms with Crippen molar-refractivity contribution in [1.82, 2.24) is 4.37 Å². The first-order chi connectivity index (χ1) is 6.66. The average Bonchev–Trinajstić information content (AvgIpc) is 2.70. The molecule has 72 valence electrons. The van der Waals surface area contributed by atoms with Crippen LogP contribution in [0.5, 0.6) is 0 Å². The van der Waals surface area contributed by atoms with Crippen LogP contribution in [0.15, 0.2) is 25.8 Å². The van der Waals surface area contributed by atoms with Gasteiger partial charge in [0.25, 0.3) is 5.89 Å². The van der Waals surface area contributed by atoms with Crippen molar-refractivity contribution in [2.24, 2.45) is 0 Å². The van der Waals surface area contributed by atoms with E-state index in [0.717, 1.165) is 6.07 Å². The lowest BCUT2D eigenvalue weighted by Crippen LogP contribution is -1.83. The summed E-state index contributed by atoms with van der Waals surface area (Å²) in [6.45, 7) is 0. The molecule has 0 bridgehead atoms. The maximum atomic E-state index is 10.6. The van der Waals surface area contributed by atoms with Crippen LogP contribution in [0.1, 0.15) is 0 Å². The Balaban J connectivity index is 2.43. The number of nitrogens with zero attached hydrogens (tertiary/aromatic N) is 2. The molecule has 8 heteroatoms. The molecule has 0 N–H and O–H groups in total. The SMILES string of the molecule is O=c1oc(-c2ccc([N+](=O)[O-])o2)ns1. The van der Waals surface area contributed by atoms with Crippen LogP contribution >= 0.6 is 11.5 Å². The molecule has 0 spiro atoms. The minimum Gasteiger partial charge on any atom is -0.395 e. The standard InChI is InChI=1S/C6H2N2O5S/c9-6-13-5(7-14-6)3-1-2-4(12-3)8(10)11/h1-2H. The third kappa shape index (κ3) is 1.42. The van der Waals surface area contributed by atoms with Gasteiger partial charge in [0.2, 0.25) is 0 Å². The molecular weight excluding hydrogens is 212 g/mol. The summed E-state index contributed by atoms with van der Waals surface area (Å²) in [6.07, 6.45) is 0. The van der Waals surface area contributed by atoms with Crippen molar-refractivity contribution in [3.8, 4) is 11.7 Å². The van der Waals surface area contributed by atoms with Crippen molar-refractivity contribution in [1.29, 1.82) is 0 Å². The van der Waals surface area contributed by atoms with Crippen molar-refractivity contribution in [3.63, 3.8) is 0 Å². The number of aromatic nitrogens is 1. The molecule has 0 radical (unpaired) electrons. The Labute approximate surface area is 79.9 Å². The van der Waals surface area contributed by atoms with Crippen LogP contribution in [-0.4, -0.2) is 9.30 Å². The van der Waals surface area contributed by atoms with Gasteiger partial charge in [0.15, 0.2) is 5.76 Å².